The summed E-state index contributed by atoms with van der Waals surface area (Å²) in [5.41, 5.74) is 5.13. The zero-order valence-corrected chi connectivity index (χ0v) is 10.8. The van der Waals surface area contributed by atoms with E-state index in [-0.39, 0.29) is 12.1 Å². The summed E-state index contributed by atoms with van der Waals surface area (Å²) in [5.74, 6) is 0.535. The summed E-state index contributed by atoms with van der Waals surface area (Å²) in [6.45, 7) is 9.22. The molecule has 1 aliphatic rings. The van der Waals surface area contributed by atoms with Crippen LogP contribution in [-0.2, 0) is 4.74 Å². The Morgan fingerprint density at radius 2 is 2.12 bits per heavy atom. The number of amides is 1. The highest BCUT2D eigenvalue weighted by Crippen LogP contribution is 2.26. The van der Waals surface area contributed by atoms with E-state index >= 15 is 0 Å². The van der Waals surface area contributed by atoms with Gasteiger partial charge in [0, 0.05) is 12.6 Å². The molecule has 2 unspecified atom stereocenters. The molecule has 4 nitrogen and oxygen atoms in total. The third-order valence-corrected chi connectivity index (χ3v) is 2.86. The Morgan fingerprint density at radius 3 is 2.62 bits per heavy atom. The molecule has 1 amide bonds. The average Bonchev–Trinajstić information content (AvgIpc) is 2.44. The molecule has 0 aliphatic carbocycles. The summed E-state index contributed by atoms with van der Waals surface area (Å²) >= 11 is 0. The van der Waals surface area contributed by atoms with Gasteiger partial charge in [-0.25, -0.2) is 4.79 Å². The number of likely N-dealkylation sites (tertiary alicyclic amines) is 1. The molecule has 0 bridgehead atoms. The fourth-order valence-corrected chi connectivity index (χ4v) is 2.16. The highest BCUT2D eigenvalue weighted by Gasteiger charge is 2.34. The molecule has 1 fully saturated rings. The normalized spacial score (nSPS) is 25.9. The second kappa shape index (κ2) is 5.04. The van der Waals surface area contributed by atoms with Crippen molar-refractivity contribution in [2.75, 3.05) is 13.1 Å². The van der Waals surface area contributed by atoms with E-state index in [4.69, 9.17) is 10.5 Å². The van der Waals surface area contributed by atoms with Crippen LogP contribution in [-0.4, -0.2) is 35.7 Å². The van der Waals surface area contributed by atoms with Gasteiger partial charge < -0.3 is 15.4 Å². The standard InChI is InChI=1S/C12H24N2O2/c1-9-7-10(5-6-13)8-14(9)11(15)16-12(2,3)4/h9-10H,5-8,13H2,1-4H3. The minimum absolute atomic E-state index is 0.195. The number of ether oxygens (including phenoxy) is 1. The number of hydrogen-bond acceptors (Lipinski definition) is 3. The van der Waals surface area contributed by atoms with E-state index < -0.39 is 5.60 Å². The van der Waals surface area contributed by atoms with Crippen molar-refractivity contribution in [1.82, 2.24) is 4.90 Å². The predicted molar refractivity (Wildman–Crippen MR) is 64.2 cm³/mol. The first-order chi connectivity index (χ1) is 7.33. The van der Waals surface area contributed by atoms with E-state index in [1.807, 2.05) is 25.7 Å². The Balaban J connectivity index is 2.51. The Kier molecular flexibility index (Phi) is 4.19. The number of carbonyl (C=O) groups is 1. The van der Waals surface area contributed by atoms with Crippen molar-refractivity contribution in [1.29, 1.82) is 0 Å². The lowest BCUT2D eigenvalue weighted by Gasteiger charge is -2.27. The van der Waals surface area contributed by atoms with Crippen molar-refractivity contribution in [3.8, 4) is 0 Å². The Labute approximate surface area is 98.1 Å². The molecule has 0 saturated carbocycles. The second-order valence-corrected chi connectivity index (χ2v) is 5.66. The third kappa shape index (κ3) is 3.67. The first-order valence-corrected chi connectivity index (χ1v) is 6.03. The number of rotatable bonds is 2. The van der Waals surface area contributed by atoms with E-state index in [0.717, 1.165) is 19.4 Å². The Morgan fingerprint density at radius 1 is 1.50 bits per heavy atom. The number of carbonyl (C=O) groups excluding carboxylic acids is 1. The highest BCUT2D eigenvalue weighted by molar-refractivity contribution is 5.68. The van der Waals surface area contributed by atoms with E-state index in [1.54, 1.807) is 0 Å². The minimum atomic E-state index is -0.414. The summed E-state index contributed by atoms with van der Waals surface area (Å²) < 4.78 is 5.37. The van der Waals surface area contributed by atoms with Gasteiger partial charge >= 0.3 is 6.09 Å². The van der Waals surface area contributed by atoms with Gasteiger partial charge in [0.25, 0.3) is 0 Å². The smallest absolute Gasteiger partial charge is 0.410 e. The highest BCUT2D eigenvalue weighted by atomic mass is 16.6. The van der Waals surface area contributed by atoms with Gasteiger partial charge in [0.2, 0.25) is 0 Å². The molecule has 1 aliphatic heterocycles. The number of nitrogens with two attached hydrogens (primary N) is 1. The van der Waals surface area contributed by atoms with Gasteiger partial charge in [0.15, 0.2) is 0 Å². The summed E-state index contributed by atoms with van der Waals surface area (Å²) in [4.78, 5) is 13.7. The van der Waals surface area contributed by atoms with Gasteiger partial charge in [0.05, 0.1) is 0 Å². The molecule has 0 radical (unpaired) electrons. The summed E-state index contributed by atoms with van der Waals surface area (Å²) in [5, 5.41) is 0. The molecule has 4 heteroatoms. The van der Waals surface area contributed by atoms with Gasteiger partial charge in [0.1, 0.15) is 5.60 Å². The first-order valence-electron chi connectivity index (χ1n) is 6.03. The second-order valence-electron chi connectivity index (χ2n) is 5.66. The maximum atomic E-state index is 11.9. The Bertz CT molecular complexity index is 248. The third-order valence-electron chi connectivity index (χ3n) is 2.86. The van der Waals surface area contributed by atoms with Crippen LogP contribution in [0.2, 0.25) is 0 Å². The summed E-state index contributed by atoms with van der Waals surface area (Å²) in [7, 11) is 0. The zero-order chi connectivity index (χ0) is 12.3. The quantitative estimate of drug-likeness (QED) is 0.786. The average molecular weight is 228 g/mol. The van der Waals surface area contributed by atoms with Crippen LogP contribution < -0.4 is 5.73 Å². The van der Waals surface area contributed by atoms with Crippen LogP contribution in [0, 0.1) is 5.92 Å². The summed E-state index contributed by atoms with van der Waals surface area (Å²) in [6.07, 6.45) is 1.83. The lowest BCUT2D eigenvalue weighted by atomic mass is 10.0. The predicted octanol–water partition coefficient (Wildman–Crippen LogP) is 1.98. The monoisotopic (exact) mass is 228 g/mol. The molecule has 2 atom stereocenters. The van der Waals surface area contributed by atoms with Crippen LogP contribution in [0.4, 0.5) is 4.79 Å². The fourth-order valence-electron chi connectivity index (χ4n) is 2.16. The molecule has 0 aromatic rings. The molecule has 0 aromatic carbocycles. The van der Waals surface area contributed by atoms with Crippen LogP contribution in [0.25, 0.3) is 0 Å². The molecule has 94 valence electrons. The largest absolute Gasteiger partial charge is 0.444 e. The van der Waals surface area contributed by atoms with E-state index in [9.17, 15) is 4.79 Å². The lowest BCUT2D eigenvalue weighted by molar-refractivity contribution is 0.0233. The van der Waals surface area contributed by atoms with Crippen molar-refractivity contribution in [3.05, 3.63) is 0 Å². The van der Waals surface area contributed by atoms with Crippen molar-refractivity contribution in [2.24, 2.45) is 11.7 Å². The molecule has 0 spiro atoms. The van der Waals surface area contributed by atoms with Crippen molar-refractivity contribution in [3.63, 3.8) is 0 Å². The first kappa shape index (κ1) is 13.3. The van der Waals surface area contributed by atoms with Crippen LogP contribution in [0.15, 0.2) is 0 Å². The maximum Gasteiger partial charge on any atom is 0.410 e. The molecular formula is C12H24N2O2. The summed E-state index contributed by atoms with van der Waals surface area (Å²) in [6, 6.07) is 0.270. The molecule has 0 aromatic heterocycles. The van der Waals surface area contributed by atoms with Gasteiger partial charge in [-0.05, 0) is 53.0 Å². The fraction of sp³-hybridized carbons (Fsp3) is 0.917. The van der Waals surface area contributed by atoms with Gasteiger partial charge in [-0.2, -0.15) is 0 Å². The Hall–Kier alpha value is -0.770. The minimum Gasteiger partial charge on any atom is -0.444 e. The van der Waals surface area contributed by atoms with Crippen LogP contribution in [0.1, 0.15) is 40.5 Å². The number of nitrogens with zero attached hydrogens (tertiary/aromatic N) is 1. The molecular weight excluding hydrogens is 204 g/mol. The molecule has 2 N–H and O–H groups in total. The van der Waals surface area contributed by atoms with Gasteiger partial charge in [-0.1, -0.05) is 0 Å². The topological polar surface area (TPSA) is 55.6 Å². The van der Waals surface area contributed by atoms with Gasteiger partial charge in [-0.15, -0.1) is 0 Å². The van der Waals surface area contributed by atoms with E-state index in [2.05, 4.69) is 6.92 Å². The van der Waals surface area contributed by atoms with E-state index in [1.165, 1.54) is 0 Å². The SMILES string of the molecule is CC1CC(CCN)CN1C(=O)OC(C)(C)C. The van der Waals surface area contributed by atoms with Crippen LogP contribution in [0.3, 0.4) is 0 Å². The molecule has 1 saturated heterocycles. The molecule has 1 rings (SSSR count). The van der Waals surface area contributed by atoms with Crippen molar-refractivity contribution < 1.29 is 9.53 Å². The molecule has 1 heterocycles. The van der Waals surface area contributed by atoms with Crippen LogP contribution in [0.5, 0.6) is 0 Å². The molecule has 16 heavy (non-hydrogen) atoms. The van der Waals surface area contributed by atoms with Crippen LogP contribution >= 0.6 is 0 Å². The zero-order valence-electron chi connectivity index (χ0n) is 10.8. The van der Waals surface area contributed by atoms with Crippen molar-refractivity contribution in [2.45, 2.75) is 52.2 Å². The van der Waals surface area contributed by atoms with E-state index in [0.29, 0.717) is 12.5 Å². The van der Waals surface area contributed by atoms with Crippen molar-refractivity contribution >= 4 is 6.09 Å². The number of hydrogen-bond donors (Lipinski definition) is 1. The van der Waals surface area contributed by atoms with Gasteiger partial charge in [-0.3, -0.25) is 0 Å². The maximum absolute atomic E-state index is 11.9. The lowest BCUT2D eigenvalue weighted by Crippen LogP contribution is -2.38.